The molecule has 7 nitrogen and oxygen atoms in total. The Bertz CT molecular complexity index is 780. The second-order valence-corrected chi connectivity index (χ2v) is 7.02. The predicted molar refractivity (Wildman–Crippen MR) is 82.2 cm³/mol. The van der Waals surface area contributed by atoms with Crippen LogP contribution < -0.4 is 4.72 Å². The van der Waals surface area contributed by atoms with E-state index in [2.05, 4.69) is 9.71 Å². The zero-order chi connectivity index (χ0) is 16.3. The van der Waals surface area contributed by atoms with Crippen LogP contribution in [0.5, 0.6) is 0 Å². The minimum absolute atomic E-state index is 0.197. The molecule has 1 saturated heterocycles. The molecule has 0 bridgehead atoms. The van der Waals surface area contributed by atoms with Gasteiger partial charge in [0.05, 0.1) is 18.1 Å². The Morgan fingerprint density at radius 2 is 2.26 bits per heavy atom. The minimum Gasteiger partial charge on any atom is -0.463 e. The molecule has 2 aromatic rings. The number of furan rings is 1. The van der Waals surface area contributed by atoms with Crippen LogP contribution in [0, 0.1) is 0 Å². The molecule has 1 atom stereocenters. The molecule has 0 aliphatic carbocycles. The van der Waals surface area contributed by atoms with Crippen molar-refractivity contribution in [3.05, 3.63) is 42.3 Å². The number of hydrogen-bond acceptors (Lipinski definition) is 6. The van der Waals surface area contributed by atoms with Gasteiger partial charge in [0.15, 0.2) is 5.76 Å². The average Bonchev–Trinajstić information content (AvgIpc) is 3.19. The summed E-state index contributed by atoms with van der Waals surface area (Å²) in [6, 6.07) is 6.34. The Kier molecular flexibility index (Phi) is 4.44. The van der Waals surface area contributed by atoms with Gasteiger partial charge in [-0.25, -0.2) is 13.1 Å². The number of sulfonamides is 1. The maximum Gasteiger partial charge on any atom is 0.264 e. The van der Waals surface area contributed by atoms with E-state index >= 15 is 0 Å². The molecule has 1 aliphatic heterocycles. The molecule has 1 aliphatic rings. The van der Waals surface area contributed by atoms with E-state index in [1.165, 1.54) is 24.6 Å². The van der Waals surface area contributed by atoms with E-state index in [9.17, 15) is 13.2 Å². The quantitative estimate of drug-likeness (QED) is 0.890. The van der Waals surface area contributed by atoms with E-state index in [-0.39, 0.29) is 17.4 Å². The Hall–Kier alpha value is -2.19. The molecule has 8 heteroatoms. The number of nitrogens with one attached hydrogen (secondary N) is 1. The Morgan fingerprint density at radius 1 is 1.39 bits per heavy atom. The number of carbonyl (C=O) groups excluding carboxylic acids is 1. The van der Waals surface area contributed by atoms with E-state index < -0.39 is 15.9 Å². The van der Waals surface area contributed by atoms with Crippen molar-refractivity contribution in [3.8, 4) is 11.5 Å². The average molecular weight is 336 g/mol. The summed E-state index contributed by atoms with van der Waals surface area (Å²) in [7, 11) is -3.75. The van der Waals surface area contributed by atoms with Gasteiger partial charge in [-0.15, -0.1) is 0 Å². The number of aromatic nitrogens is 1. The third kappa shape index (κ3) is 3.96. The van der Waals surface area contributed by atoms with Crippen LogP contribution in [-0.2, 0) is 14.8 Å². The highest BCUT2D eigenvalue weighted by Gasteiger charge is 2.25. The molecule has 1 unspecified atom stereocenters. The number of nitrogens with zero attached hydrogens (tertiary/aromatic N) is 1. The van der Waals surface area contributed by atoms with Gasteiger partial charge in [-0.1, -0.05) is 0 Å². The third-order valence-corrected chi connectivity index (χ3v) is 4.78. The Balaban J connectivity index is 1.71. The van der Waals surface area contributed by atoms with E-state index in [1.807, 2.05) is 0 Å². The molecular formula is C15H16N2O5S. The van der Waals surface area contributed by atoms with Crippen molar-refractivity contribution in [2.24, 2.45) is 0 Å². The fourth-order valence-electron chi connectivity index (χ4n) is 2.39. The first-order valence-corrected chi connectivity index (χ1v) is 8.85. The molecule has 0 aromatic carbocycles. The van der Waals surface area contributed by atoms with Crippen molar-refractivity contribution in [1.29, 1.82) is 0 Å². The van der Waals surface area contributed by atoms with Gasteiger partial charge in [0.1, 0.15) is 5.69 Å². The van der Waals surface area contributed by atoms with Crippen LogP contribution in [-0.4, -0.2) is 37.8 Å². The largest absolute Gasteiger partial charge is 0.463 e. The fourth-order valence-corrected chi connectivity index (χ4v) is 3.63. The molecule has 122 valence electrons. The Morgan fingerprint density at radius 3 is 2.96 bits per heavy atom. The van der Waals surface area contributed by atoms with Gasteiger partial charge in [-0.3, -0.25) is 9.78 Å². The van der Waals surface area contributed by atoms with Crippen molar-refractivity contribution in [1.82, 2.24) is 9.71 Å². The minimum atomic E-state index is -3.75. The highest BCUT2D eigenvalue weighted by Crippen LogP contribution is 2.18. The number of carbonyl (C=O) groups is 1. The summed E-state index contributed by atoms with van der Waals surface area (Å²) in [6.07, 6.45) is 4.10. The smallest absolute Gasteiger partial charge is 0.264 e. The van der Waals surface area contributed by atoms with Crippen LogP contribution in [0.2, 0.25) is 0 Å². The van der Waals surface area contributed by atoms with Crippen molar-refractivity contribution >= 4 is 15.9 Å². The lowest BCUT2D eigenvalue weighted by Crippen LogP contribution is -2.36. The SMILES string of the molecule is O=C(NS(=O)(=O)CC1CCCO1)c1ccnc(-c2ccco2)c1. The predicted octanol–water partition coefficient (Wildman–Crippen LogP) is 1.58. The van der Waals surface area contributed by atoms with Crippen LogP contribution >= 0.6 is 0 Å². The molecule has 0 saturated carbocycles. The normalized spacial score (nSPS) is 18.0. The van der Waals surface area contributed by atoms with Crippen molar-refractivity contribution < 1.29 is 22.4 Å². The zero-order valence-corrected chi connectivity index (χ0v) is 13.1. The second-order valence-electron chi connectivity index (χ2n) is 5.25. The summed E-state index contributed by atoms with van der Waals surface area (Å²) >= 11 is 0. The lowest BCUT2D eigenvalue weighted by atomic mass is 10.2. The lowest BCUT2D eigenvalue weighted by molar-refractivity contribution is 0.0979. The standard InChI is InChI=1S/C15H16N2O5S/c18-15(17-23(19,20)10-12-3-1-7-21-12)11-5-6-16-13(9-11)14-4-2-8-22-14/h2,4-6,8-9,12H,1,3,7,10H2,(H,17,18). The molecule has 23 heavy (non-hydrogen) atoms. The molecule has 0 radical (unpaired) electrons. The molecule has 1 N–H and O–H groups in total. The highest BCUT2D eigenvalue weighted by atomic mass is 32.2. The van der Waals surface area contributed by atoms with Crippen LogP contribution in [0.1, 0.15) is 23.2 Å². The van der Waals surface area contributed by atoms with E-state index in [0.717, 1.165) is 6.42 Å². The molecule has 3 rings (SSSR count). The van der Waals surface area contributed by atoms with Crippen molar-refractivity contribution in [2.45, 2.75) is 18.9 Å². The number of hydrogen-bond donors (Lipinski definition) is 1. The fraction of sp³-hybridized carbons (Fsp3) is 0.333. The zero-order valence-electron chi connectivity index (χ0n) is 12.3. The summed E-state index contributed by atoms with van der Waals surface area (Å²) in [5.74, 6) is -0.408. The first-order chi connectivity index (χ1) is 11.0. The molecular weight excluding hydrogens is 320 g/mol. The second kappa shape index (κ2) is 6.51. The highest BCUT2D eigenvalue weighted by molar-refractivity contribution is 7.90. The molecule has 0 spiro atoms. The van der Waals surface area contributed by atoms with Gasteiger partial charge < -0.3 is 9.15 Å². The summed E-state index contributed by atoms with van der Waals surface area (Å²) in [5, 5.41) is 0. The first-order valence-electron chi connectivity index (χ1n) is 7.20. The van der Waals surface area contributed by atoms with Gasteiger partial charge in [-0.05, 0) is 37.1 Å². The van der Waals surface area contributed by atoms with Gasteiger partial charge >= 0.3 is 0 Å². The van der Waals surface area contributed by atoms with Crippen LogP contribution in [0.3, 0.4) is 0 Å². The van der Waals surface area contributed by atoms with Crippen molar-refractivity contribution in [3.63, 3.8) is 0 Å². The van der Waals surface area contributed by atoms with Gasteiger partial charge in [0.25, 0.3) is 5.91 Å². The summed E-state index contributed by atoms with van der Waals surface area (Å²) in [5.41, 5.74) is 0.654. The van der Waals surface area contributed by atoms with E-state index in [1.54, 1.807) is 12.1 Å². The van der Waals surface area contributed by atoms with Crippen LogP contribution in [0.15, 0.2) is 41.1 Å². The maximum absolute atomic E-state index is 12.2. The van der Waals surface area contributed by atoms with Gasteiger partial charge in [0.2, 0.25) is 10.0 Å². The number of pyridine rings is 1. The number of rotatable bonds is 5. The molecule has 2 aromatic heterocycles. The summed E-state index contributed by atoms with van der Waals surface area (Å²) < 4.78 is 36.6. The number of amides is 1. The van der Waals surface area contributed by atoms with Crippen LogP contribution in [0.25, 0.3) is 11.5 Å². The lowest BCUT2D eigenvalue weighted by Gasteiger charge is -2.11. The summed E-state index contributed by atoms with van der Waals surface area (Å²) in [6.45, 7) is 0.561. The van der Waals surface area contributed by atoms with E-state index in [0.29, 0.717) is 24.5 Å². The first kappa shape index (κ1) is 15.7. The van der Waals surface area contributed by atoms with Crippen molar-refractivity contribution in [2.75, 3.05) is 12.4 Å². The number of ether oxygens (including phenoxy) is 1. The van der Waals surface area contributed by atoms with E-state index in [4.69, 9.17) is 9.15 Å². The molecule has 3 heterocycles. The maximum atomic E-state index is 12.2. The molecule has 1 fully saturated rings. The van der Waals surface area contributed by atoms with Gasteiger partial charge in [-0.2, -0.15) is 0 Å². The topological polar surface area (TPSA) is 98.5 Å². The molecule has 1 amide bonds. The summed E-state index contributed by atoms with van der Waals surface area (Å²) in [4.78, 5) is 16.3. The van der Waals surface area contributed by atoms with Gasteiger partial charge in [0, 0.05) is 18.4 Å². The third-order valence-electron chi connectivity index (χ3n) is 3.47. The monoisotopic (exact) mass is 336 g/mol. The van der Waals surface area contributed by atoms with Crippen LogP contribution in [0.4, 0.5) is 0 Å². The Labute approximate surface area is 133 Å².